The topological polar surface area (TPSA) is 160 Å². The number of urea groups is 1. The Kier molecular flexibility index (Phi) is 11.6. The fourth-order valence-electron chi connectivity index (χ4n) is 12.9. The van der Waals surface area contributed by atoms with Gasteiger partial charge in [0.2, 0.25) is 23.6 Å². The van der Waals surface area contributed by atoms with Crippen molar-refractivity contribution in [3.8, 4) is 11.3 Å². The summed E-state index contributed by atoms with van der Waals surface area (Å²) in [5.74, 6) is 0.744. The number of imide groups is 1. The Labute approximate surface area is 410 Å². The molecule has 4 aromatic rings. The van der Waals surface area contributed by atoms with Crippen molar-refractivity contribution in [2.24, 2.45) is 11.8 Å². The number of nitrogens with one attached hydrogen (secondary N) is 2. The van der Waals surface area contributed by atoms with Crippen molar-refractivity contribution in [3.05, 3.63) is 60.4 Å². The number of rotatable bonds is 10. The standard InChI is InChI=1S/C54H67N11O5/c1-34(2)64-33-55-45-31-44(57-49(48(45)64)56-38-7-8-38)36-6-13-43-46(28-36)65(42-29-41(30-42)59-20-4-3-5-21-59)52(69)54(43)18-26-61(27-19-54)51(68)37-16-24-62(32-37)50(67)35-14-22-60(23-15-35)39-9-11-40(12-10-39)63-25-17-47(66)58-53(63)70/h6,9-13,28,31,33-35,37-38,41-42H,3-5,7-8,14-27,29-30,32H2,1-2H3,(H,56,57)(H,58,66,70)/t37-,41-,42+/m1/s1. The minimum Gasteiger partial charge on any atom is -0.371 e. The van der Waals surface area contributed by atoms with Crippen LogP contribution in [-0.4, -0.2) is 136 Å². The lowest BCUT2D eigenvalue weighted by Crippen LogP contribution is -2.58. The van der Waals surface area contributed by atoms with Crippen LogP contribution in [0.5, 0.6) is 0 Å². The lowest BCUT2D eigenvalue weighted by Gasteiger charge is -2.48. The van der Waals surface area contributed by atoms with Gasteiger partial charge in [0.05, 0.1) is 28.9 Å². The van der Waals surface area contributed by atoms with Gasteiger partial charge in [-0.25, -0.2) is 14.8 Å². The maximum absolute atomic E-state index is 15.2. The highest BCUT2D eigenvalue weighted by Gasteiger charge is 2.56. The van der Waals surface area contributed by atoms with Crippen molar-refractivity contribution in [1.82, 2.24) is 34.6 Å². The molecule has 0 unspecified atom stereocenters. The molecule has 2 N–H and O–H groups in total. The molecule has 6 amide bonds. The number of benzene rings is 2. The highest BCUT2D eigenvalue weighted by atomic mass is 16.2. The van der Waals surface area contributed by atoms with Gasteiger partial charge >= 0.3 is 6.03 Å². The number of nitrogens with zero attached hydrogens (tertiary/aromatic N) is 9. The van der Waals surface area contributed by atoms with Crippen molar-refractivity contribution in [2.75, 3.05) is 78.9 Å². The first kappa shape index (κ1) is 45.1. The molecule has 12 rings (SSSR count). The third kappa shape index (κ3) is 8.07. The van der Waals surface area contributed by atoms with Crippen LogP contribution in [0.3, 0.4) is 0 Å². The molecule has 1 spiro atoms. The molecule has 1 atom stereocenters. The highest BCUT2D eigenvalue weighted by Crippen LogP contribution is 2.52. The second-order valence-electron chi connectivity index (χ2n) is 21.9. The average Bonchev–Trinajstić information content (AvgIpc) is 3.75. The lowest BCUT2D eigenvalue weighted by atomic mass is 9.73. The minimum absolute atomic E-state index is 0.0832. The Morgan fingerprint density at radius 3 is 2.19 bits per heavy atom. The van der Waals surface area contributed by atoms with Gasteiger partial charge in [0.1, 0.15) is 5.52 Å². The van der Waals surface area contributed by atoms with Crippen molar-refractivity contribution in [2.45, 2.75) is 127 Å². The number of imidazole rings is 1. The van der Waals surface area contributed by atoms with Crippen molar-refractivity contribution < 1.29 is 24.0 Å². The summed E-state index contributed by atoms with van der Waals surface area (Å²) in [5.41, 5.74) is 6.97. The molecule has 8 heterocycles. The minimum atomic E-state index is -0.687. The first-order valence-electron chi connectivity index (χ1n) is 26.4. The van der Waals surface area contributed by atoms with Crippen LogP contribution in [0.1, 0.15) is 109 Å². The van der Waals surface area contributed by atoms with E-state index in [0.29, 0.717) is 64.1 Å². The van der Waals surface area contributed by atoms with Crippen LogP contribution in [0.2, 0.25) is 0 Å². The summed E-state index contributed by atoms with van der Waals surface area (Å²) >= 11 is 0. The summed E-state index contributed by atoms with van der Waals surface area (Å²) in [4.78, 5) is 90.1. The van der Waals surface area contributed by atoms with Gasteiger partial charge in [-0.1, -0.05) is 18.6 Å². The number of anilines is 4. The zero-order valence-electron chi connectivity index (χ0n) is 40.8. The number of aromatic nitrogens is 3. The molecule has 16 nitrogen and oxygen atoms in total. The quantitative estimate of drug-likeness (QED) is 0.176. The maximum Gasteiger partial charge on any atom is 0.328 e. The number of piperidine rings is 3. The van der Waals surface area contributed by atoms with Crippen LogP contribution in [-0.2, 0) is 24.6 Å². The lowest BCUT2D eigenvalue weighted by molar-refractivity contribution is -0.140. The molecule has 2 aromatic heterocycles. The van der Waals surface area contributed by atoms with Crippen LogP contribution >= 0.6 is 0 Å². The molecule has 2 aromatic carbocycles. The largest absolute Gasteiger partial charge is 0.371 e. The number of carbonyl (C=O) groups is 5. The summed E-state index contributed by atoms with van der Waals surface area (Å²) < 4.78 is 2.19. The van der Waals surface area contributed by atoms with Gasteiger partial charge in [-0.05, 0) is 140 Å². The summed E-state index contributed by atoms with van der Waals surface area (Å²) in [6.45, 7) is 10.6. The molecule has 2 aliphatic carbocycles. The van der Waals surface area contributed by atoms with Gasteiger partial charge in [0.15, 0.2) is 5.82 Å². The van der Waals surface area contributed by atoms with E-state index in [-0.39, 0.29) is 54.0 Å². The van der Waals surface area contributed by atoms with Crippen LogP contribution in [0.25, 0.3) is 22.3 Å². The SMILES string of the molecule is CC(C)n1cnc2cc(-c3ccc4c(c3)N([C@H]3C[C@@H](N5CCCCC5)C3)C(=O)C43CCN(C(=O)[C@@H]4CCN(C(=O)C5CCN(c6ccc(N7CCC(=O)NC7=O)cc6)CC5)C4)CC3)nc(NC3CC3)c21. The second-order valence-corrected chi connectivity index (χ2v) is 21.9. The van der Waals surface area contributed by atoms with E-state index in [1.165, 1.54) is 19.3 Å². The second kappa shape index (κ2) is 18.0. The van der Waals surface area contributed by atoms with Crippen molar-refractivity contribution in [1.29, 1.82) is 0 Å². The molecule has 2 saturated carbocycles. The van der Waals surface area contributed by atoms with Gasteiger partial charge in [-0.2, -0.15) is 0 Å². The van der Waals surface area contributed by atoms with E-state index < -0.39 is 11.4 Å². The molecule has 8 aliphatic rings. The Hall–Kier alpha value is -6.03. The molecular weight excluding hydrogens is 883 g/mol. The smallest absolute Gasteiger partial charge is 0.328 e. The Morgan fingerprint density at radius 2 is 1.47 bits per heavy atom. The van der Waals surface area contributed by atoms with Crippen LogP contribution in [0.15, 0.2) is 54.9 Å². The summed E-state index contributed by atoms with van der Waals surface area (Å²) in [7, 11) is 0. The number of hydrogen-bond donors (Lipinski definition) is 2. The van der Waals surface area contributed by atoms with E-state index in [1.807, 2.05) is 40.4 Å². The van der Waals surface area contributed by atoms with Crippen LogP contribution in [0, 0.1) is 11.8 Å². The number of amides is 6. The number of carbonyl (C=O) groups excluding carboxylic acids is 5. The number of fused-ring (bicyclic) bond motifs is 3. The molecule has 5 saturated heterocycles. The molecule has 70 heavy (non-hydrogen) atoms. The summed E-state index contributed by atoms with van der Waals surface area (Å²) in [6.07, 6.45) is 13.6. The van der Waals surface area contributed by atoms with Gasteiger partial charge in [0, 0.05) is 105 Å². The zero-order chi connectivity index (χ0) is 47.8. The third-order valence-corrected chi connectivity index (χ3v) is 17.3. The molecule has 6 aliphatic heterocycles. The van der Waals surface area contributed by atoms with E-state index in [9.17, 15) is 19.2 Å². The number of likely N-dealkylation sites (tertiary alicyclic amines) is 3. The van der Waals surface area contributed by atoms with E-state index in [4.69, 9.17) is 9.97 Å². The van der Waals surface area contributed by atoms with Crippen LogP contribution in [0.4, 0.5) is 27.7 Å². The Balaban J connectivity index is 0.712. The molecule has 7 fully saturated rings. The number of hydrogen-bond acceptors (Lipinski definition) is 10. The average molecular weight is 950 g/mol. The Morgan fingerprint density at radius 1 is 0.757 bits per heavy atom. The molecule has 368 valence electrons. The normalized spacial score (nSPS) is 25.3. The molecule has 0 bridgehead atoms. The summed E-state index contributed by atoms with van der Waals surface area (Å²) in [5, 5.41) is 6.08. The van der Waals surface area contributed by atoms with E-state index in [1.54, 1.807) is 4.90 Å². The van der Waals surface area contributed by atoms with Gasteiger partial charge in [-0.15, -0.1) is 0 Å². The third-order valence-electron chi connectivity index (χ3n) is 17.3. The van der Waals surface area contributed by atoms with Crippen LogP contribution < -0.4 is 25.3 Å². The predicted molar refractivity (Wildman–Crippen MR) is 269 cm³/mol. The Bertz CT molecular complexity index is 2700. The zero-order valence-corrected chi connectivity index (χ0v) is 40.8. The molecular formula is C54H67N11O5. The maximum atomic E-state index is 15.2. The van der Waals surface area contributed by atoms with E-state index >= 15 is 4.79 Å². The van der Waals surface area contributed by atoms with Gasteiger partial charge in [0.25, 0.3) is 0 Å². The first-order valence-corrected chi connectivity index (χ1v) is 26.4. The van der Waals surface area contributed by atoms with Gasteiger partial charge < -0.3 is 34.4 Å². The fraction of sp³-hybridized carbons (Fsp3) is 0.574. The monoisotopic (exact) mass is 950 g/mol. The van der Waals surface area contributed by atoms with E-state index in [2.05, 4.69) is 68.0 Å². The predicted octanol–water partition coefficient (Wildman–Crippen LogP) is 6.69. The fourth-order valence-corrected chi connectivity index (χ4v) is 12.9. The molecule has 0 radical (unpaired) electrons. The number of pyridine rings is 1. The van der Waals surface area contributed by atoms with E-state index in [0.717, 1.165) is 115 Å². The van der Waals surface area contributed by atoms with Gasteiger partial charge in [-0.3, -0.25) is 29.4 Å². The highest BCUT2D eigenvalue weighted by molar-refractivity contribution is 6.10. The molecule has 16 heteroatoms. The van der Waals surface area contributed by atoms with Crippen molar-refractivity contribution in [3.63, 3.8) is 0 Å². The summed E-state index contributed by atoms with van der Waals surface area (Å²) in [6, 6.07) is 17.4. The first-order chi connectivity index (χ1) is 34.0. The van der Waals surface area contributed by atoms with Crippen molar-refractivity contribution >= 4 is 63.6 Å².